The number of nitrogens with one attached hydrogen (secondary N) is 1. The molecule has 1 N–H and O–H groups in total. The molecule has 3 nitrogen and oxygen atoms in total. The minimum atomic E-state index is 0.232. The molecular formula is C14H20N2OS. The molecule has 3 heterocycles. The summed E-state index contributed by atoms with van der Waals surface area (Å²) >= 11 is 1.65. The van der Waals surface area contributed by atoms with E-state index in [1.165, 1.54) is 17.7 Å². The molecule has 2 aliphatic heterocycles. The van der Waals surface area contributed by atoms with Crippen molar-refractivity contribution in [2.24, 2.45) is 5.92 Å². The van der Waals surface area contributed by atoms with Crippen LogP contribution in [0.25, 0.3) is 0 Å². The molecule has 0 spiro atoms. The third-order valence-electron chi connectivity index (χ3n) is 4.11. The summed E-state index contributed by atoms with van der Waals surface area (Å²) in [5, 5.41) is 3.54. The number of hydrogen-bond acceptors (Lipinski definition) is 3. The first-order valence-electron chi connectivity index (χ1n) is 6.89. The monoisotopic (exact) mass is 264 g/mol. The van der Waals surface area contributed by atoms with Gasteiger partial charge in [-0.05, 0) is 43.9 Å². The molecule has 0 aromatic carbocycles. The number of carbonyl (C=O) groups is 1. The van der Waals surface area contributed by atoms with Crippen LogP contribution in [0.4, 0.5) is 0 Å². The molecule has 2 saturated heterocycles. The molecular weight excluding hydrogens is 244 g/mol. The van der Waals surface area contributed by atoms with Crippen molar-refractivity contribution in [2.45, 2.75) is 32.2 Å². The van der Waals surface area contributed by atoms with E-state index >= 15 is 0 Å². The molecule has 1 aromatic rings. The maximum absolute atomic E-state index is 12.4. The molecule has 2 atom stereocenters. The number of rotatable bonds is 2. The van der Waals surface area contributed by atoms with Crippen molar-refractivity contribution in [3.8, 4) is 0 Å². The average Bonchev–Trinajstić information content (AvgIpc) is 3.04. The summed E-state index contributed by atoms with van der Waals surface area (Å²) in [7, 11) is 0. The van der Waals surface area contributed by atoms with Crippen molar-refractivity contribution in [1.82, 2.24) is 10.2 Å². The zero-order chi connectivity index (χ0) is 12.5. The number of amides is 1. The molecule has 1 aromatic heterocycles. The highest BCUT2D eigenvalue weighted by atomic mass is 32.1. The molecule has 18 heavy (non-hydrogen) atoms. The van der Waals surface area contributed by atoms with E-state index in [0.29, 0.717) is 12.0 Å². The second kappa shape index (κ2) is 5.02. The Balaban J connectivity index is 1.70. The van der Waals surface area contributed by atoms with Crippen molar-refractivity contribution in [1.29, 1.82) is 0 Å². The van der Waals surface area contributed by atoms with Crippen LogP contribution in [0, 0.1) is 5.92 Å². The number of aryl methyl sites for hydroxylation is 1. The number of thiophene rings is 1. The lowest BCUT2D eigenvalue weighted by Crippen LogP contribution is -2.41. The van der Waals surface area contributed by atoms with Gasteiger partial charge in [0.25, 0.3) is 5.91 Å². The first-order chi connectivity index (χ1) is 8.78. The van der Waals surface area contributed by atoms with Crippen molar-refractivity contribution < 1.29 is 4.79 Å². The van der Waals surface area contributed by atoms with Crippen LogP contribution < -0.4 is 5.32 Å². The first kappa shape index (κ1) is 12.2. The quantitative estimate of drug-likeness (QED) is 0.887. The summed E-state index contributed by atoms with van der Waals surface area (Å²) in [6.07, 6.45) is 3.54. The van der Waals surface area contributed by atoms with Crippen LogP contribution in [-0.4, -0.2) is 36.5 Å². The topological polar surface area (TPSA) is 32.3 Å². The Morgan fingerprint density at radius 2 is 2.39 bits per heavy atom. The maximum atomic E-state index is 12.4. The fraction of sp³-hybridized carbons (Fsp3) is 0.643. The molecule has 3 rings (SSSR count). The normalized spacial score (nSPS) is 27.3. The number of likely N-dealkylation sites (tertiary alicyclic amines) is 1. The van der Waals surface area contributed by atoms with Crippen LogP contribution in [0.15, 0.2) is 12.1 Å². The van der Waals surface area contributed by atoms with Gasteiger partial charge in [0.1, 0.15) is 0 Å². The van der Waals surface area contributed by atoms with E-state index < -0.39 is 0 Å². The van der Waals surface area contributed by atoms with Crippen molar-refractivity contribution in [3.05, 3.63) is 21.9 Å². The summed E-state index contributed by atoms with van der Waals surface area (Å²) in [6, 6.07) is 4.61. The fourth-order valence-electron chi connectivity index (χ4n) is 3.05. The Morgan fingerprint density at radius 3 is 3.11 bits per heavy atom. The highest BCUT2D eigenvalue weighted by Crippen LogP contribution is 2.27. The summed E-state index contributed by atoms with van der Waals surface area (Å²) in [5.41, 5.74) is 0. The van der Waals surface area contributed by atoms with Gasteiger partial charge in [-0.2, -0.15) is 0 Å². The van der Waals surface area contributed by atoms with E-state index in [1.807, 2.05) is 11.0 Å². The average molecular weight is 264 g/mol. The van der Waals surface area contributed by atoms with Gasteiger partial charge in [0.15, 0.2) is 0 Å². The van der Waals surface area contributed by atoms with Crippen LogP contribution in [-0.2, 0) is 6.42 Å². The minimum Gasteiger partial charge on any atom is -0.336 e. The molecule has 1 amide bonds. The van der Waals surface area contributed by atoms with Crippen molar-refractivity contribution in [2.75, 3.05) is 19.6 Å². The fourth-order valence-corrected chi connectivity index (χ4v) is 3.97. The molecule has 0 saturated carbocycles. The van der Waals surface area contributed by atoms with Crippen molar-refractivity contribution >= 4 is 17.2 Å². The van der Waals surface area contributed by atoms with Crippen LogP contribution in [0.1, 0.15) is 34.3 Å². The molecule has 98 valence electrons. The van der Waals surface area contributed by atoms with E-state index in [4.69, 9.17) is 0 Å². The van der Waals surface area contributed by atoms with Gasteiger partial charge in [-0.3, -0.25) is 4.79 Å². The zero-order valence-electron chi connectivity index (χ0n) is 10.8. The van der Waals surface area contributed by atoms with Gasteiger partial charge in [-0.25, -0.2) is 0 Å². The van der Waals surface area contributed by atoms with Gasteiger partial charge in [0.05, 0.1) is 4.88 Å². The predicted octanol–water partition coefficient (Wildman–Crippen LogP) is 2.13. The Kier molecular flexibility index (Phi) is 3.39. The smallest absolute Gasteiger partial charge is 0.263 e. The molecule has 0 aliphatic carbocycles. The Morgan fingerprint density at radius 1 is 1.50 bits per heavy atom. The number of hydrogen-bond donors (Lipinski definition) is 1. The van der Waals surface area contributed by atoms with Gasteiger partial charge in [-0.15, -0.1) is 11.3 Å². The van der Waals surface area contributed by atoms with Gasteiger partial charge in [0, 0.05) is 24.0 Å². The minimum absolute atomic E-state index is 0.232. The third kappa shape index (κ3) is 2.19. The van der Waals surface area contributed by atoms with E-state index in [2.05, 4.69) is 18.3 Å². The van der Waals surface area contributed by atoms with E-state index in [9.17, 15) is 4.79 Å². The zero-order valence-corrected chi connectivity index (χ0v) is 11.6. The second-order valence-corrected chi connectivity index (χ2v) is 6.46. The lowest BCUT2D eigenvalue weighted by molar-refractivity contribution is 0.0790. The number of piperidine rings is 1. The lowest BCUT2D eigenvalue weighted by atomic mass is 9.94. The van der Waals surface area contributed by atoms with Crippen LogP contribution in [0.3, 0.4) is 0 Å². The highest BCUT2D eigenvalue weighted by Gasteiger charge is 2.36. The Labute approximate surface area is 112 Å². The Bertz CT molecular complexity index is 429. The van der Waals surface area contributed by atoms with E-state index in [-0.39, 0.29) is 5.91 Å². The largest absolute Gasteiger partial charge is 0.336 e. The van der Waals surface area contributed by atoms with Crippen molar-refractivity contribution in [3.63, 3.8) is 0 Å². The Hall–Kier alpha value is -0.870. The molecule has 2 fully saturated rings. The van der Waals surface area contributed by atoms with Crippen LogP contribution >= 0.6 is 11.3 Å². The van der Waals surface area contributed by atoms with E-state index in [0.717, 1.165) is 30.9 Å². The number of carbonyl (C=O) groups excluding carboxylic acids is 1. The number of fused-ring (bicyclic) bond motifs is 1. The van der Waals surface area contributed by atoms with Gasteiger partial charge in [0.2, 0.25) is 0 Å². The highest BCUT2D eigenvalue weighted by molar-refractivity contribution is 7.14. The molecule has 2 aliphatic rings. The van der Waals surface area contributed by atoms with E-state index in [1.54, 1.807) is 11.3 Å². The summed E-state index contributed by atoms with van der Waals surface area (Å²) in [5.74, 6) is 0.907. The number of nitrogens with zero attached hydrogens (tertiary/aromatic N) is 1. The third-order valence-corrected chi connectivity index (χ3v) is 5.32. The maximum Gasteiger partial charge on any atom is 0.263 e. The first-order valence-corrected chi connectivity index (χ1v) is 7.71. The lowest BCUT2D eigenvalue weighted by Gasteiger charge is -2.24. The molecule has 2 unspecified atom stereocenters. The second-order valence-electron chi connectivity index (χ2n) is 5.29. The van der Waals surface area contributed by atoms with Gasteiger partial charge >= 0.3 is 0 Å². The predicted molar refractivity (Wildman–Crippen MR) is 74.1 cm³/mol. The van der Waals surface area contributed by atoms with Gasteiger partial charge < -0.3 is 10.2 Å². The summed E-state index contributed by atoms with van der Waals surface area (Å²) in [4.78, 5) is 16.7. The van der Waals surface area contributed by atoms with Gasteiger partial charge in [-0.1, -0.05) is 6.92 Å². The molecule has 4 heteroatoms. The summed E-state index contributed by atoms with van der Waals surface area (Å²) < 4.78 is 0. The SMILES string of the molecule is CCc1ccc(C(=O)N2CC3CCCNC3C2)s1. The van der Waals surface area contributed by atoms with Crippen LogP contribution in [0.2, 0.25) is 0 Å². The standard InChI is InChI=1S/C14H20N2OS/c1-2-11-5-6-13(18-11)14(17)16-8-10-4-3-7-15-12(10)9-16/h5-6,10,12,15H,2-4,7-9H2,1H3. The summed E-state index contributed by atoms with van der Waals surface area (Å²) in [6.45, 7) is 5.08. The molecule has 0 bridgehead atoms. The van der Waals surface area contributed by atoms with Crippen LogP contribution in [0.5, 0.6) is 0 Å². The molecule has 0 radical (unpaired) electrons.